The van der Waals surface area contributed by atoms with Crippen LogP contribution in [-0.2, 0) is 4.79 Å². The van der Waals surface area contributed by atoms with Crippen LogP contribution in [0.2, 0.25) is 0 Å². The van der Waals surface area contributed by atoms with Crippen molar-refractivity contribution < 1.29 is 4.79 Å². The number of hydrogen-bond acceptors (Lipinski definition) is 1. The Kier molecular flexibility index (Phi) is 4.87. The second-order valence-corrected chi connectivity index (χ2v) is 4.00. The summed E-state index contributed by atoms with van der Waals surface area (Å²) in [4.78, 5) is 10.9. The van der Waals surface area contributed by atoms with E-state index in [4.69, 9.17) is 0 Å². The highest BCUT2D eigenvalue weighted by molar-refractivity contribution is 5.75. The van der Waals surface area contributed by atoms with Gasteiger partial charge in [-0.05, 0) is 12.3 Å². The van der Waals surface area contributed by atoms with Crippen molar-refractivity contribution in [3.8, 4) is 0 Å². The zero-order chi connectivity index (χ0) is 9.52. The van der Waals surface area contributed by atoms with Crippen LogP contribution < -0.4 is 5.32 Å². The van der Waals surface area contributed by atoms with Gasteiger partial charge in [-0.3, -0.25) is 4.79 Å². The molecule has 1 aliphatic carbocycles. The van der Waals surface area contributed by atoms with Gasteiger partial charge < -0.3 is 5.32 Å². The molecule has 0 aliphatic heterocycles. The van der Waals surface area contributed by atoms with Crippen LogP contribution in [0.4, 0.5) is 0 Å². The standard InChI is InChI=1S/C11H21NO/c1-2-11(13)12-9-8-10-6-4-3-5-7-10/h10H,2-9H2,1H3,(H,12,13). The van der Waals surface area contributed by atoms with Gasteiger partial charge in [0.15, 0.2) is 0 Å². The van der Waals surface area contributed by atoms with Crippen LogP contribution in [0.15, 0.2) is 0 Å². The van der Waals surface area contributed by atoms with Crippen molar-refractivity contribution in [2.45, 2.75) is 51.9 Å². The number of amides is 1. The second-order valence-electron chi connectivity index (χ2n) is 4.00. The van der Waals surface area contributed by atoms with Gasteiger partial charge >= 0.3 is 0 Å². The Balaban J connectivity index is 2.01. The molecule has 1 rings (SSSR count). The molecule has 0 atom stereocenters. The maximum atomic E-state index is 10.9. The van der Waals surface area contributed by atoms with E-state index in [0.717, 1.165) is 12.5 Å². The minimum Gasteiger partial charge on any atom is -0.356 e. The molecule has 0 radical (unpaired) electrons. The first-order valence-electron chi connectivity index (χ1n) is 5.59. The summed E-state index contributed by atoms with van der Waals surface area (Å²) >= 11 is 0. The molecular weight excluding hydrogens is 162 g/mol. The lowest BCUT2D eigenvalue weighted by atomic mass is 9.87. The molecule has 13 heavy (non-hydrogen) atoms. The third kappa shape index (κ3) is 4.30. The first kappa shape index (κ1) is 10.6. The summed E-state index contributed by atoms with van der Waals surface area (Å²) in [7, 11) is 0. The molecule has 0 aromatic heterocycles. The summed E-state index contributed by atoms with van der Waals surface area (Å²) in [6.45, 7) is 2.79. The molecule has 76 valence electrons. The Morgan fingerprint density at radius 3 is 2.62 bits per heavy atom. The highest BCUT2D eigenvalue weighted by Crippen LogP contribution is 2.25. The molecule has 0 aromatic carbocycles. The topological polar surface area (TPSA) is 29.1 Å². The Morgan fingerprint density at radius 1 is 1.31 bits per heavy atom. The third-order valence-electron chi connectivity index (χ3n) is 2.92. The summed E-state index contributed by atoms with van der Waals surface area (Å²) < 4.78 is 0. The van der Waals surface area contributed by atoms with Crippen LogP contribution in [0, 0.1) is 5.92 Å². The van der Waals surface area contributed by atoms with E-state index >= 15 is 0 Å². The average Bonchev–Trinajstić information content (AvgIpc) is 2.19. The molecular formula is C11H21NO. The highest BCUT2D eigenvalue weighted by atomic mass is 16.1. The predicted octanol–water partition coefficient (Wildman–Crippen LogP) is 2.48. The number of nitrogens with one attached hydrogen (secondary N) is 1. The molecule has 1 amide bonds. The fourth-order valence-corrected chi connectivity index (χ4v) is 2.02. The molecule has 2 heteroatoms. The normalized spacial score (nSPS) is 18.5. The fourth-order valence-electron chi connectivity index (χ4n) is 2.02. The number of carbonyl (C=O) groups excluding carboxylic acids is 1. The lowest BCUT2D eigenvalue weighted by Gasteiger charge is -2.21. The molecule has 1 saturated carbocycles. The maximum Gasteiger partial charge on any atom is 0.219 e. The van der Waals surface area contributed by atoms with E-state index < -0.39 is 0 Å². The van der Waals surface area contributed by atoms with Gasteiger partial charge in [-0.2, -0.15) is 0 Å². The minimum absolute atomic E-state index is 0.191. The van der Waals surface area contributed by atoms with E-state index in [-0.39, 0.29) is 5.91 Å². The van der Waals surface area contributed by atoms with Crippen LogP contribution >= 0.6 is 0 Å². The summed E-state index contributed by atoms with van der Waals surface area (Å²) in [6.07, 6.45) is 8.76. The second kappa shape index (κ2) is 6.01. The molecule has 0 aromatic rings. The minimum atomic E-state index is 0.191. The molecule has 0 heterocycles. The Morgan fingerprint density at radius 2 is 2.00 bits per heavy atom. The Labute approximate surface area is 81.1 Å². The van der Waals surface area contributed by atoms with Gasteiger partial charge in [-0.15, -0.1) is 0 Å². The molecule has 0 unspecified atom stereocenters. The maximum absolute atomic E-state index is 10.9. The summed E-state index contributed by atoms with van der Waals surface area (Å²) in [5.74, 6) is 1.07. The van der Waals surface area contributed by atoms with Gasteiger partial charge in [0.05, 0.1) is 0 Å². The molecule has 1 aliphatic rings. The molecule has 1 fully saturated rings. The SMILES string of the molecule is CCC(=O)NCCC1CCCCC1. The van der Waals surface area contributed by atoms with E-state index in [9.17, 15) is 4.79 Å². The van der Waals surface area contributed by atoms with E-state index in [1.165, 1.54) is 38.5 Å². The zero-order valence-electron chi connectivity index (χ0n) is 8.64. The Bertz CT molecular complexity index is 150. The number of carbonyl (C=O) groups is 1. The summed E-state index contributed by atoms with van der Waals surface area (Å²) in [5.41, 5.74) is 0. The molecule has 0 saturated heterocycles. The van der Waals surface area contributed by atoms with Crippen LogP contribution in [-0.4, -0.2) is 12.5 Å². The molecule has 1 N–H and O–H groups in total. The Hall–Kier alpha value is -0.530. The van der Waals surface area contributed by atoms with Gasteiger partial charge in [-0.1, -0.05) is 39.0 Å². The first-order valence-corrected chi connectivity index (χ1v) is 5.59. The van der Waals surface area contributed by atoms with Gasteiger partial charge in [0, 0.05) is 13.0 Å². The van der Waals surface area contributed by atoms with Gasteiger partial charge in [0.25, 0.3) is 0 Å². The molecule has 0 spiro atoms. The van der Waals surface area contributed by atoms with Crippen molar-refractivity contribution in [1.29, 1.82) is 0 Å². The van der Waals surface area contributed by atoms with Crippen molar-refractivity contribution in [3.05, 3.63) is 0 Å². The largest absolute Gasteiger partial charge is 0.356 e. The lowest BCUT2D eigenvalue weighted by Crippen LogP contribution is -2.25. The first-order chi connectivity index (χ1) is 6.33. The van der Waals surface area contributed by atoms with Gasteiger partial charge in [0.1, 0.15) is 0 Å². The lowest BCUT2D eigenvalue weighted by molar-refractivity contribution is -0.120. The molecule has 2 nitrogen and oxygen atoms in total. The summed E-state index contributed by atoms with van der Waals surface area (Å²) in [5, 5.41) is 2.94. The zero-order valence-corrected chi connectivity index (χ0v) is 8.64. The monoisotopic (exact) mass is 183 g/mol. The smallest absolute Gasteiger partial charge is 0.219 e. The third-order valence-corrected chi connectivity index (χ3v) is 2.92. The van der Waals surface area contributed by atoms with E-state index in [2.05, 4.69) is 5.32 Å². The van der Waals surface area contributed by atoms with Crippen LogP contribution in [0.5, 0.6) is 0 Å². The van der Waals surface area contributed by atoms with Gasteiger partial charge in [0.2, 0.25) is 5.91 Å². The summed E-state index contributed by atoms with van der Waals surface area (Å²) in [6, 6.07) is 0. The van der Waals surface area contributed by atoms with Crippen molar-refractivity contribution in [2.75, 3.05) is 6.54 Å². The van der Waals surface area contributed by atoms with E-state index in [1.807, 2.05) is 6.92 Å². The van der Waals surface area contributed by atoms with Crippen LogP contribution in [0.25, 0.3) is 0 Å². The highest BCUT2D eigenvalue weighted by Gasteiger charge is 2.12. The van der Waals surface area contributed by atoms with Crippen molar-refractivity contribution >= 4 is 5.91 Å². The van der Waals surface area contributed by atoms with E-state index in [1.54, 1.807) is 0 Å². The number of hydrogen-bond donors (Lipinski definition) is 1. The molecule has 0 bridgehead atoms. The van der Waals surface area contributed by atoms with Crippen molar-refractivity contribution in [3.63, 3.8) is 0 Å². The number of rotatable bonds is 4. The fraction of sp³-hybridized carbons (Fsp3) is 0.909. The van der Waals surface area contributed by atoms with Crippen molar-refractivity contribution in [1.82, 2.24) is 5.32 Å². The average molecular weight is 183 g/mol. The van der Waals surface area contributed by atoms with E-state index in [0.29, 0.717) is 6.42 Å². The van der Waals surface area contributed by atoms with Crippen LogP contribution in [0.1, 0.15) is 51.9 Å². The predicted molar refractivity (Wildman–Crippen MR) is 54.5 cm³/mol. The van der Waals surface area contributed by atoms with Gasteiger partial charge in [-0.25, -0.2) is 0 Å². The van der Waals surface area contributed by atoms with Crippen LogP contribution in [0.3, 0.4) is 0 Å². The quantitative estimate of drug-likeness (QED) is 0.712. The van der Waals surface area contributed by atoms with Crippen molar-refractivity contribution in [2.24, 2.45) is 5.92 Å².